The maximum atomic E-state index is 12.3. The fraction of sp³-hybridized carbons (Fsp3) is 0.500. The Morgan fingerprint density at radius 2 is 2.05 bits per heavy atom. The minimum absolute atomic E-state index is 0.0248. The van der Waals surface area contributed by atoms with E-state index in [1.807, 2.05) is 30.5 Å². The van der Waals surface area contributed by atoms with E-state index < -0.39 is 15.2 Å². The van der Waals surface area contributed by atoms with Crippen LogP contribution in [-0.4, -0.2) is 61.6 Å². The Kier molecular flexibility index (Phi) is 5.76. The summed E-state index contributed by atoms with van der Waals surface area (Å²) in [6.07, 6.45) is 3.23. The van der Waals surface area contributed by atoms with Crippen LogP contribution < -0.4 is 0 Å². The van der Waals surface area contributed by atoms with Crippen LogP contribution in [0, 0.1) is 0 Å². The molecule has 1 heterocycles. The summed E-state index contributed by atoms with van der Waals surface area (Å²) in [5, 5.41) is -0.550. The Bertz CT molecular complexity index is 598. The molecule has 21 heavy (non-hydrogen) atoms. The Labute approximate surface area is 134 Å². The molecule has 4 nitrogen and oxygen atoms in total. The van der Waals surface area contributed by atoms with Gasteiger partial charge in [-0.2, -0.15) is 11.8 Å². The lowest BCUT2D eigenvalue weighted by atomic mass is 10.1. The van der Waals surface area contributed by atoms with Crippen LogP contribution in [0.4, 0.5) is 0 Å². The molecule has 2 rings (SSSR count). The number of nitrogens with zero attached hydrogens (tertiary/aromatic N) is 1. The Morgan fingerprint density at radius 3 is 2.62 bits per heavy atom. The summed E-state index contributed by atoms with van der Waals surface area (Å²) in [6, 6.07) is 7.45. The minimum Gasteiger partial charge on any atom is -0.293 e. The molecule has 0 N–H and O–H groups in total. The zero-order chi connectivity index (χ0) is 15.5. The molecule has 0 amide bonds. The highest BCUT2D eigenvalue weighted by Crippen LogP contribution is 2.21. The van der Waals surface area contributed by atoms with E-state index in [4.69, 9.17) is 0 Å². The molecule has 1 atom stereocenters. The van der Waals surface area contributed by atoms with Gasteiger partial charge >= 0.3 is 0 Å². The molecular formula is C14H19NO3S3. The van der Waals surface area contributed by atoms with Gasteiger partial charge in [-0.1, -0.05) is 12.1 Å². The lowest BCUT2D eigenvalue weighted by Gasteiger charge is -2.33. The van der Waals surface area contributed by atoms with Gasteiger partial charge in [0.25, 0.3) is 0 Å². The molecule has 0 saturated carbocycles. The number of sulfone groups is 1. The first kappa shape index (κ1) is 16.9. The zero-order valence-corrected chi connectivity index (χ0v) is 14.6. The van der Waals surface area contributed by atoms with Crippen LogP contribution in [0.1, 0.15) is 10.4 Å². The molecule has 1 fully saturated rings. The van der Waals surface area contributed by atoms with E-state index in [2.05, 4.69) is 0 Å². The monoisotopic (exact) mass is 345 g/mol. The molecule has 0 spiro atoms. The van der Waals surface area contributed by atoms with Gasteiger partial charge in [0.2, 0.25) is 0 Å². The molecule has 1 aromatic rings. The number of rotatable bonds is 5. The van der Waals surface area contributed by atoms with E-state index in [9.17, 15) is 13.2 Å². The number of benzene rings is 1. The maximum Gasteiger partial charge on any atom is 0.176 e. The lowest BCUT2D eigenvalue weighted by molar-refractivity contribution is 0.0928. The molecule has 1 aromatic carbocycles. The van der Waals surface area contributed by atoms with Crippen LogP contribution in [-0.2, 0) is 9.84 Å². The molecule has 116 valence electrons. The third kappa shape index (κ3) is 4.48. The third-order valence-electron chi connectivity index (χ3n) is 3.44. The molecular weight excluding hydrogens is 326 g/mol. The highest BCUT2D eigenvalue weighted by Gasteiger charge is 2.32. The molecule has 0 radical (unpaired) electrons. The topological polar surface area (TPSA) is 54.5 Å². The predicted octanol–water partition coefficient (Wildman–Crippen LogP) is 2.01. The van der Waals surface area contributed by atoms with Crippen molar-refractivity contribution in [2.75, 3.05) is 37.1 Å². The van der Waals surface area contributed by atoms with Gasteiger partial charge < -0.3 is 0 Å². The molecule has 0 bridgehead atoms. The second-order valence-corrected chi connectivity index (χ2v) is 9.21. The summed E-state index contributed by atoms with van der Waals surface area (Å²) in [6.45, 7) is 0.800. The van der Waals surface area contributed by atoms with Crippen molar-refractivity contribution in [3.63, 3.8) is 0 Å². The second-order valence-electron chi connectivity index (χ2n) is 4.98. The lowest BCUT2D eigenvalue weighted by Crippen LogP contribution is -2.48. The molecule has 7 heteroatoms. The van der Waals surface area contributed by atoms with Crippen LogP contribution in [0.25, 0.3) is 0 Å². The van der Waals surface area contributed by atoms with E-state index >= 15 is 0 Å². The van der Waals surface area contributed by atoms with Crippen molar-refractivity contribution in [3.05, 3.63) is 29.8 Å². The van der Waals surface area contributed by atoms with Gasteiger partial charge in [-0.05, 0) is 18.4 Å². The largest absolute Gasteiger partial charge is 0.293 e. The molecule has 1 aliphatic rings. The van der Waals surface area contributed by atoms with Gasteiger partial charge in [0.05, 0.1) is 6.54 Å². The maximum absolute atomic E-state index is 12.3. The van der Waals surface area contributed by atoms with Gasteiger partial charge in [0.1, 0.15) is 5.37 Å². The van der Waals surface area contributed by atoms with Crippen molar-refractivity contribution in [2.45, 2.75) is 10.3 Å². The summed E-state index contributed by atoms with van der Waals surface area (Å²) >= 11 is 3.25. The van der Waals surface area contributed by atoms with Crippen molar-refractivity contribution in [3.8, 4) is 0 Å². The highest BCUT2D eigenvalue weighted by atomic mass is 32.2. The Balaban J connectivity index is 2.09. The molecule has 0 aromatic heterocycles. The van der Waals surface area contributed by atoms with Crippen molar-refractivity contribution < 1.29 is 13.2 Å². The van der Waals surface area contributed by atoms with Crippen LogP contribution >= 0.6 is 23.5 Å². The first-order chi connectivity index (χ1) is 9.91. The normalized spacial score (nSPS) is 20.4. The number of thioether (sulfide) groups is 2. The van der Waals surface area contributed by atoms with Crippen LogP contribution in [0.2, 0.25) is 0 Å². The zero-order valence-electron chi connectivity index (χ0n) is 12.1. The van der Waals surface area contributed by atoms with Gasteiger partial charge in [0, 0.05) is 34.8 Å². The third-order valence-corrected chi connectivity index (χ3v) is 6.87. The molecule has 0 aliphatic carbocycles. The first-order valence-electron chi connectivity index (χ1n) is 6.59. The van der Waals surface area contributed by atoms with Crippen LogP contribution in [0.5, 0.6) is 0 Å². The van der Waals surface area contributed by atoms with Crippen LogP contribution in [0.3, 0.4) is 0 Å². The molecule has 1 aliphatic heterocycles. The van der Waals surface area contributed by atoms with Crippen molar-refractivity contribution in [1.82, 2.24) is 4.90 Å². The number of Topliss-reactive ketones (excluding diaryl/α,β-unsaturated/α-hetero) is 1. The summed E-state index contributed by atoms with van der Waals surface area (Å²) in [4.78, 5) is 15.2. The standard InChI is InChI=1S/C14H19NO3S3/c1-19-12-5-3-11(4-6-12)13(16)9-15-7-8-20-10-14(15)21(2,17)18/h3-6,14H,7-10H2,1-2H3. The first-order valence-corrected chi connectivity index (χ1v) is 10.9. The molecule has 1 saturated heterocycles. The van der Waals surface area contributed by atoms with Crippen molar-refractivity contribution in [1.29, 1.82) is 0 Å². The summed E-state index contributed by atoms with van der Waals surface area (Å²) in [7, 11) is -3.16. The number of hydrogen-bond donors (Lipinski definition) is 0. The fourth-order valence-corrected chi connectivity index (χ4v) is 5.59. The Hall–Kier alpha value is -0.500. The summed E-state index contributed by atoms with van der Waals surface area (Å²) in [5.74, 6) is 1.38. The van der Waals surface area contributed by atoms with Crippen LogP contribution in [0.15, 0.2) is 29.2 Å². The number of hydrogen-bond acceptors (Lipinski definition) is 6. The van der Waals surface area contributed by atoms with Gasteiger partial charge in [-0.3, -0.25) is 9.69 Å². The van der Waals surface area contributed by atoms with E-state index in [1.54, 1.807) is 28.4 Å². The van der Waals surface area contributed by atoms with Crippen molar-refractivity contribution in [2.24, 2.45) is 0 Å². The smallest absolute Gasteiger partial charge is 0.176 e. The van der Waals surface area contributed by atoms with E-state index in [1.165, 1.54) is 6.26 Å². The summed E-state index contributed by atoms with van der Waals surface area (Å²) in [5.41, 5.74) is 0.637. The van der Waals surface area contributed by atoms with Gasteiger partial charge in [0.15, 0.2) is 15.6 Å². The molecule has 1 unspecified atom stereocenters. The number of ketones is 1. The average molecular weight is 346 g/mol. The van der Waals surface area contributed by atoms with E-state index in [0.29, 0.717) is 17.9 Å². The Morgan fingerprint density at radius 1 is 1.38 bits per heavy atom. The van der Waals surface area contributed by atoms with Gasteiger partial charge in [-0.15, -0.1) is 11.8 Å². The van der Waals surface area contributed by atoms with E-state index in [-0.39, 0.29) is 12.3 Å². The van der Waals surface area contributed by atoms with Crippen molar-refractivity contribution >= 4 is 39.1 Å². The number of carbonyl (C=O) groups is 1. The predicted molar refractivity (Wildman–Crippen MR) is 90.1 cm³/mol. The summed E-state index contributed by atoms with van der Waals surface area (Å²) < 4.78 is 23.7. The SMILES string of the molecule is CSc1ccc(C(=O)CN2CCSCC2S(C)(=O)=O)cc1. The number of carbonyl (C=O) groups excluding carboxylic acids is 1. The van der Waals surface area contributed by atoms with E-state index in [0.717, 1.165) is 10.6 Å². The van der Waals surface area contributed by atoms with Gasteiger partial charge in [-0.25, -0.2) is 8.42 Å². The second kappa shape index (κ2) is 7.17. The highest BCUT2D eigenvalue weighted by molar-refractivity contribution is 8.00. The quantitative estimate of drug-likeness (QED) is 0.601. The fourth-order valence-electron chi connectivity index (χ4n) is 2.24. The minimum atomic E-state index is -3.16. The average Bonchev–Trinajstić information content (AvgIpc) is 2.47.